The molecular formula is C13H17F2NO. The van der Waals surface area contributed by atoms with Crippen molar-refractivity contribution in [2.75, 3.05) is 6.54 Å². The molecule has 0 amide bonds. The van der Waals surface area contributed by atoms with Crippen LogP contribution in [0.3, 0.4) is 0 Å². The summed E-state index contributed by atoms with van der Waals surface area (Å²) in [5, 5.41) is 3.35. The molecule has 1 aromatic rings. The maximum absolute atomic E-state index is 13.4. The lowest BCUT2D eigenvalue weighted by atomic mass is 10.2. The van der Waals surface area contributed by atoms with E-state index in [2.05, 4.69) is 12.2 Å². The number of benzene rings is 1. The highest BCUT2D eigenvalue weighted by atomic mass is 19.1. The van der Waals surface area contributed by atoms with Crippen LogP contribution in [0, 0.1) is 11.6 Å². The van der Waals surface area contributed by atoms with Crippen LogP contribution in [0.1, 0.15) is 26.2 Å². The third-order valence-electron chi connectivity index (χ3n) is 3.06. The molecule has 17 heavy (non-hydrogen) atoms. The summed E-state index contributed by atoms with van der Waals surface area (Å²) in [7, 11) is 0. The number of ether oxygens (including phenoxy) is 1. The van der Waals surface area contributed by atoms with Gasteiger partial charge in [0, 0.05) is 12.1 Å². The van der Waals surface area contributed by atoms with E-state index in [1.54, 1.807) is 0 Å². The average Bonchev–Trinajstić information content (AvgIpc) is 2.71. The highest BCUT2D eigenvalue weighted by molar-refractivity contribution is 5.25. The predicted octanol–water partition coefficient (Wildman–Crippen LogP) is 2.87. The van der Waals surface area contributed by atoms with Crippen molar-refractivity contribution >= 4 is 0 Å². The second kappa shape index (κ2) is 5.45. The SMILES string of the molecule is CCNC1CCC(Oc2ccc(F)cc2F)C1. The third kappa shape index (κ3) is 3.16. The van der Waals surface area contributed by atoms with Crippen LogP contribution < -0.4 is 10.1 Å². The zero-order valence-corrected chi connectivity index (χ0v) is 9.88. The van der Waals surface area contributed by atoms with Gasteiger partial charge in [0.1, 0.15) is 11.9 Å². The molecule has 2 unspecified atom stereocenters. The van der Waals surface area contributed by atoms with E-state index >= 15 is 0 Å². The van der Waals surface area contributed by atoms with Gasteiger partial charge in [0.15, 0.2) is 11.6 Å². The zero-order valence-electron chi connectivity index (χ0n) is 9.88. The Balaban J connectivity index is 1.93. The van der Waals surface area contributed by atoms with Crippen LogP contribution in [0.4, 0.5) is 8.78 Å². The predicted molar refractivity (Wildman–Crippen MR) is 62.1 cm³/mol. The summed E-state index contributed by atoms with van der Waals surface area (Å²) < 4.78 is 31.6. The van der Waals surface area contributed by atoms with Gasteiger partial charge < -0.3 is 10.1 Å². The van der Waals surface area contributed by atoms with Crippen molar-refractivity contribution in [1.82, 2.24) is 5.32 Å². The van der Waals surface area contributed by atoms with Crippen LogP contribution in [0.25, 0.3) is 0 Å². The van der Waals surface area contributed by atoms with Gasteiger partial charge >= 0.3 is 0 Å². The van der Waals surface area contributed by atoms with Crippen molar-refractivity contribution in [2.45, 2.75) is 38.3 Å². The number of halogens is 2. The Kier molecular flexibility index (Phi) is 3.94. The summed E-state index contributed by atoms with van der Waals surface area (Å²) in [6.07, 6.45) is 2.86. The van der Waals surface area contributed by atoms with Gasteiger partial charge in [-0.25, -0.2) is 8.78 Å². The molecule has 0 radical (unpaired) electrons. The van der Waals surface area contributed by atoms with Crippen molar-refractivity contribution in [3.8, 4) is 5.75 Å². The van der Waals surface area contributed by atoms with E-state index in [1.807, 2.05) is 0 Å². The third-order valence-corrected chi connectivity index (χ3v) is 3.06. The molecule has 1 aromatic carbocycles. The minimum atomic E-state index is -0.628. The first kappa shape index (κ1) is 12.3. The summed E-state index contributed by atoms with van der Waals surface area (Å²) in [6.45, 7) is 3.00. The van der Waals surface area contributed by atoms with Crippen molar-refractivity contribution in [1.29, 1.82) is 0 Å². The largest absolute Gasteiger partial charge is 0.487 e. The summed E-state index contributed by atoms with van der Waals surface area (Å²) >= 11 is 0. The highest BCUT2D eigenvalue weighted by Crippen LogP contribution is 2.26. The van der Waals surface area contributed by atoms with E-state index in [9.17, 15) is 8.78 Å². The molecule has 4 heteroatoms. The Morgan fingerprint density at radius 1 is 1.35 bits per heavy atom. The summed E-state index contributed by atoms with van der Waals surface area (Å²) in [4.78, 5) is 0. The van der Waals surface area contributed by atoms with Crippen molar-refractivity contribution in [2.24, 2.45) is 0 Å². The molecule has 2 rings (SSSR count). The van der Waals surface area contributed by atoms with E-state index in [1.165, 1.54) is 12.1 Å². The smallest absolute Gasteiger partial charge is 0.167 e. The van der Waals surface area contributed by atoms with Gasteiger partial charge in [-0.15, -0.1) is 0 Å². The Labute approximate surface area is 100.0 Å². The second-order valence-electron chi connectivity index (χ2n) is 4.38. The van der Waals surface area contributed by atoms with Crippen LogP contribution in [0.5, 0.6) is 5.75 Å². The van der Waals surface area contributed by atoms with Crippen molar-refractivity contribution in [3.05, 3.63) is 29.8 Å². The number of nitrogens with one attached hydrogen (secondary N) is 1. The van der Waals surface area contributed by atoms with Gasteiger partial charge in [0.2, 0.25) is 0 Å². The normalized spacial score (nSPS) is 23.9. The fraction of sp³-hybridized carbons (Fsp3) is 0.538. The van der Waals surface area contributed by atoms with Gasteiger partial charge in [-0.05, 0) is 37.9 Å². The molecule has 1 aliphatic rings. The summed E-state index contributed by atoms with van der Waals surface area (Å²) in [5.41, 5.74) is 0. The first-order valence-corrected chi connectivity index (χ1v) is 6.04. The molecule has 1 saturated carbocycles. The fourth-order valence-electron chi connectivity index (χ4n) is 2.27. The molecule has 0 saturated heterocycles. The Morgan fingerprint density at radius 2 is 2.18 bits per heavy atom. The monoisotopic (exact) mass is 241 g/mol. The van der Waals surface area contributed by atoms with E-state index < -0.39 is 11.6 Å². The molecule has 2 atom stereocenters. The van der Waals surface area contributed by atoms with Crippen LogP contribution in [-0.2, 0) is 0 Å². The van der Waals surface area contributed by atoms with Crippen molar-refractivity contribution in [3.63, 3.8) is 0 Å². The van der Waals surface area contributed by atoms with Crippen LogP contribution >= 0.6 is 0 Å². The minimum Gasteiger partial charge on any atom is -0.487 e. The Hall–Kier alpha value is -1.16. The lowest BCUT2D eigenvalue weighted by molar-refractivity contribution is 0.197. The molecule has 0 spiro atoms. The molecule has 0 aliphatic heterocycles. The van der Waals surface area contributed by atoms with Gasteiger partial charge in [-0.2, -0.15) is 0 Å². The lowest BCUT2D eigenvalue weighted by Gasteiger charge is -2.15. The van der Waals surface area contributed by atoms with E-state index in [4.69, 9.17) is 4.74 Å². The quantitative estimate of drug-likeness (QED) is 0.875. The highest BCUT2D eigenvalue weighted by Gasteiger charge is 2.26. The molecule has 94 valence electrons. The standard InChI is InChI=1S/C13H17F2NO/c1-2-16-10-4-5-11(8-10)17-13-6-3-9(14)7-12(13)15/h3,6-7,10-11,16H,2,4-5,8H2,1H3. The number of rotatable bonds is 4. The lowest BCUT2D eigenvalue weighted by Crippen LogP contribution is -2.27. The molecule has 2 nitrogen and oxygen atoms in total. The zero-order chi connectivity index (χ0) is 12.3. The number of hydrogen-bond donors (Lipinski definition) is 1. The van der Waals surface area contributed by atoms with Gasteiger partial charge in [0.25, 0.3) is 0 Å². The van der Waals surface area contributed by atoms with E-state index in [-0.39, 0.29) is 11.9 Å². The fourth-order valence-corrected chi connectivity index (χ4v) is 2.27. The molecule has 0 heterocycles. The summed E-state index contributed by atoms with van der Waals surface area (Å²) in [5.74, 6) is -1.06. The second-order valence-corrected chi connectivity index (χ2v) is 4.38. The minimum absolute atomic E-state index is 0.0269. The van der Waals surface area contributed by atoms with Crippen LogP contribution in [0.2, 0.25) is 0 Å². The van der Waals surface area contributed by atoms with Gasteiger partial charge in [-0.1, -0.05) is 6.92 Å². The van der Waals surface area contributed by atoms with Gasteiger partial charge in [-0.3, -0.25) is 0 Å². The van der Waals surface area contributed by atoms with Gasteiger partial charge in [0.05, 0.1) is 0 Å². The van der Waals surface area contributed by atoms with Crippen LogP contribution in [0.15, 0.2) is 18.2 Å². The Bertz CT molecular complexity index is 384. The summed E-state index contributed by atoms with van der Waals surface area (Å²) in [6, 6.07) is 3.88. The molecule has 1 aliphatic carbocycles. The van der Waals surface area contributed by atoms with E-state index in [0.717, 1.165) is 31.9 Å². The maximum atomic E-state index is 13.4. The average molecular weight is 241 g/mol. The topological polar surface area (TPSA) is 21.3 Å². The van der Waals surface area contributed by atoms with Crippen LogP contribution in [-0.4, -0.2) is 18.7 Å². The van der Waals surface area contributed by atoms with Crippen molar-refractivity contribution < 1.29 is 13.5 Å². The first-order valence-electron chi connectivity index (χ1n) is 6.04. The molecule has 0 aromatic heterocycles. The molecule has 1 fully saturated rings. The number of hydrogen-bond acceptors (Lipinski definition) is 2. The maximum Gasteiger partial charge on any atom is 0.167 e. The molecule has 1 N–H and O–H groups in total. The molecule has 0 bridgehead atoms. The molecular weight excluding hydrogens is 224 g/mol. The van der Waals surface area contributed by atoms with E-state index in [0.29, 0.717) is 6.04 Å². The first-order chi connectivity index (χ1) is 8.19. The Morgan fingerprint density at radius 3 is 2.88 bits per heavy atom.